The van der Waals surface area contributed by atoms with Gasteiger partial charge in [0.15, 0.2) is 0 Å². The van der Waals surface area contributed by atoms with Crippen LogP contribution in [0.3, 0.4) is 0 Å². The summed E-state index contributed by atoms with van der Waals surface area (Å²) in [5.74, 6) is 0. The summed E-state index contributed by atoms with van der Waals surface area (Å²) >= 11 is 3.39. The zero-order valence-corrected chi connectivity index (χ0v) is 5.77. The topological polar surface area (TPSA) is 23.1 Å². The average molecular weight is 111 g/mol. The van der Waals surface area contributed by atoms with Crippen LogP contribution in [0.25, 0.3) is 0 Å². The Balaban J connectivity index is -0.00000000500. The predicted octanol–water partition coefficient (Wildman–Crippen LogP) is -3.07. The third kappa shape index (κ3) is 9.63. The molecule has 0 N–H and O–H groups in total. The van der Waals surface area contributed by atoms with Gasteiger partial charge in [-0.1, -0.05) is 0 Å². The van der Waals surface area contributed by atoms with Crippen molar-refractivity contribution in [1.29, 1.82) is 0 Å². The van der Waals surface area contributed by atoms with Gasteiger partial charge in [0, 0.05) is 0 Å². The van der Waals surface area contributed by atoms with Crippen LogP contribution in [0.2, 0.25) is 0 Å². The normalized spacial score (nSPS) is 1.50. The molecule has 0 rings (SSSR count). The van der Waals surface area contributed by atoms with E-state index in [4.69, 9.17) is 4.66 Å². The Bertz CT molecular complexity index is 6.00. The molecule has 0 aliphatic rings. The van der Waals surface area contributed by atoms with E-state index >= 15 is 0 Å². The van der Waals surface area contributed by atoms with Crippen molar-refractivity contribution in [1.82, 2.24) is 0 Å². The van der Waals surface area contributed by atoms with E-state index in [1.807, 2.05) is 0 Å². The van der Waals surface area contributed by atoms with E-state index in [1.165, 1.54) is 0 Å². The molecule has 0 heterocycles. The van der Waals surface area contributed by atoms with Crippen molar-refractivity contribution in [3.63, 3.8) is 0 Å². The fourth-order valence-corrected chi connectivity index (χ4v) is 0. The van der Waals surface area contributed by atoms with Crippen molar-refractivity contribution >= 4 is 24.3 Å². The van der Waals surface area contributed by atoms with Crippen LogP contribution in [0, 0.1) is 0 Å². The average Bonchev–Trinajstić information content (AvgIpc) is 1.00. The minimum atomic E-state index is 0. The van der Waals surface area contributed by atoms with Crippen molar-refractivity contribution in [2.45, 2.75) is 0 Å². The predicted molar refractivity (Wildman–Crippen MR) is 13.1 cm³/mol. The number of halogens is 2. The van der Waals surface area contributed by atoms with Crippen molar-refractivity contribution in [3.8, 4) is 0 Å². The van der Waals surface area contributed by atoms with Crippen LogP contribution in [-0.4, -0.2) is 0 Å². The van der Waals surface area contributed by atoms with Gasteiger partial charge in [0.05, 0.1) is 0 Å². The molecule has 0 atom stereocenters. The SMILES string of the molecule is Cl.[Na+].[O-]Cl. The first-order valence-corrected chi connectivity index (χ1v) is 0.463. The second-order valence-electron chi connectivity index (χ2n) is 0. The first-order valence-electron chi connectivity index (χ1n) is 0.154. The van der Waals surface area contributed by atoms with Crippen LogP contribution in [0.15, 0.2) is 0 Å². The van der Waals surface area contributed by atoms with Gasteiger partial charge < -0.3 is 4.66 Å². The van der Waals surface area contributed by atoms with Crippen molar-refractivity contribution in [2.24, 2.45) is 0 Å². The van der Waals surface area contributed by atoms with Crippen LogP contribution in [0.4, 0.5) is 0 Å². The molecular formula is HCl2NaO. The van der Waals surface area contributed by atoms with E-state index in [2.05, 4.69) is 11.9 Å². The van der Waals surface area contributed by atoms with E-state index in [9.17, 15) is 0 Å². The summed E-state index contributed by atoms with van der Waals surface area (Å²) in [7, 11) is 0. The first-order chi connectivity index (χ1) is 1.00. The second kappa shape index (κ2) is 24.0. The van der Waals surface area contributed by atoms with Gasteiger partial charge in [-0.25, -0.2) is 11.9 Å². The summed E-state index contributed by atoms with van der Waals surface area (Å²) in [6.45, 7) is 0. The molecule has 0 aliphatic carbocycles. The molecule has 0 aliphatic heterocycles. The molecule has 4 heteroatoms. The Morgan fingerprint density at radius 1 is 1.25 bits per heavy atom. The Kier molecular flexibility index (Phi) is 106. The zero-order chi connectivity index (χ0) is 2.00. The van der Waals surface area contributed by atoms with Crippen LogP contribution in [0.5, 0.6) is 0 Å². The van der Waals surface area contributed by atoms with Gasteiger partial charge in [-0.05, 0) is 0 Å². The maximum absolute atomic E-state index is 7.72. The second-order valence-corrected chi connectivity index (χ2v) is 0. The van der Waals surface area contributed by atoms with Gasteiger partial charge >= 0.3 is 29.6 Å². The fraction of sp³-hybridized carbons (Fsp3) is 0. The van der Waals surface area contributed by atoms with Crippen LogP contribution < -0.4 is 34.2 Å². The van der Waals surface area contributed by atoms with E-state index in [0.29, 0.717) is 0 Å². The maximum Gasteiger partial charge on any atom is 1.00 e. The molecular weight excluding hydrogens is 110 g/mol. The monoisotopic (exact) mass is 110 g/mol. The maximum atomic E-state index is 7.72. The van der Waals surface area contributed by atoms with Gasteiger partial charge in [0.1, 0.15) is 0 Å². The molecule has 0 saturated carbocycles. The molecule has 0 saturated heterocycles. The van der Waals surface area contributed by atoms with Crippen LogP contribution in [-0.2, 0) is 0 Å². The number of hydrogen-bond donors (Lipinski definition) is 0. The largest absolute Gasteiger partial charge is 1.00 e. The summed E-state index contributed by atoms with van der Waals surface area (Å²) < 4.78 is 7.72. The smallest absolute Gasteiger partial charge is 0.769 e. The number of hydrogen-bond acceptors (Lipinski definition) is 1. The van der Waals surface area contributed by atoms with Crippen molar-refractivity contribution < 1.29 is 34.2 Å². The first kappa shape index (κ1) is 17.7. The molecule has 0 aromatic rings. The molecule has 0 bridgehead atoms. The van der Waals surface area contributed by atoms with E-state index in [0.717, 1.165) is 0 Å². The standard InChI is InChI=1S/ClO.ClH.Na/c1-2;;/h;1H;/q-1;;+1. The van der Waals surface area contributed by atoms with Crippen molar-refractivity contribution in [3.05, 3.63) is 0 Å². The molecule has 0 unspecified atom stereocenters. The minimum absolute atomic E-state index is 0. The molecule has 4 heavy (non-hydrogen) atoms. The van der Waals surface area contributed by atoms with Crippen LogP contribution in [0.1, 0.15) is 0 Å². The Hall–Kier alpha value is 1.54. The summed E-state index contributed by atoms with van der Waals surface area (Å²) in [5, 5.41) is 0. The molecule has 0 aromatic heterocycles. The van der Waals surface area contributed by atoms with Gasteiger partial charge in [0.25, 0.3) is 0 Å². The molecule has 0 spiro atoms. The van der Waals surface area contributed by atoms with Crippen LogP contribution >= 0.6 is 24.3 Å². The van der Waals surface area contributed by atoms with E-state index in [1.54, 1.807) is 0 Å². The molecule has 0 fully saturated rings. The van der Waals surface area contributed by atoms with Gasteiger partial charge in [-0.2, -0.15) is 0 Å². The summed E-state index contributed by atoms with van der Waals surface area (Å²) in [6, 6.07) is 0. The number of rotatable bonds is 0. The van der Waals surface area contributed by atoms with Gasteiger partial charge in [0.2, 0.25) is 0 Å². The van der Waals surface area contributed by atoms with Gasteiger partial charge in [-0.15, -0.1) is 12.4 Å². The Labute approximate surface area is 58.2 Å². The quantitative estimate of drug-likeness (QED) is 0.304. The fourth-order valence-electron chi connectivity index (χ4n) is 0. The van der Waals surface area contributed by atoms with E-state index < -0.39 is 0 Å². The summed E-state index contributed by atoms with van der Waals surface area (Å²) in [4.78, 5) is 0. The molecule has 0 radical (unpaired) electrons. The zero-order valence-electron chi connectivity index (χ0n) is 2.19. The van der Waals surface area contributed by atoms with E-state index in [-0.39, 0.29) is 42.0 Å². The molecule has 0 amide bonds. The van der Waals surface area contributed by atoms with Crippen molar-refractivity contribution in [2.75, 3.05) is 0 Å². The summed E-state index contributed by atoms with van der Waals surface area (Å²) in [6.07, 6.45) is 0. The molecule has 22 valence electrons. The Morgan fingerprint density at radius 3 is 1.25 bits per heavy atom. The summed E-state index contributed by atoms with van der Waals surface area (Å²) in [5.41, 5.74) is 0. The third-order valence-corrected chi connectivity index (χ3v) is 0. The minimum Gasteiger partial charge on any atom is -0.769 e. The third-order valence-electron chi connectivity index (χ3n) is 0. The molecule has 0 aromatic carbocycles. The van der Waals surface area contributed by atoms with Gasteiger partial charge in [-0.3, -0.25) is 0 Å². The Morgan fingerprint density at radius 2 is 1.25 bits per heavy atom. The molecule has 1 nitrogen and oxygen atoms in total.